The van der Waals surface area contributed by atoms with Crippen molar-refractivity contribution < 1.29 is 18.3 Å². The fraction of sp³-hybridized carbons (Fsp3) is 0.174. The van der Waals surface area contributed by atoms with Gasteiger partial charge in [0, 0.05) is 41.0 Å². The number of aryl methyl sites for hydroxylation is 1. The fourth-order valence-corrected chi connectivity index (χ4v) is 4.37. The number of amides is 1. The molecule has 4 aromatic heterocycles. The van der Waals surface area contributed by atoms with Crippen LogP contribution in [0.2, 0.25) is 0 Å². The van der Waals surface area contributed by atoms with Gasteiger partial charge < -0.3 is 4.74 Å². The van der Waals surface area contributed by atoms with Gasteiger partial charge >= 0.3 is 6.61 Å². The zero-order valence-corrected chi connectivity index (χ0v) is 19.5. The number of carbonyl (C=O) groups excluding carboxylic acids is 1. The van der Waals surface area contributed by atoms with Gasteiger partial charge in [0.15, 0.2) is 16.5 Å². The molecule has 0 unspecified atom stereocenters. The summed E-state index contributed by atoms with van der Waals surface area (Å²) in [6, 6.07) is 9.55. The molecule has 1 aromatic carbocycles. The van der Waals surface area contributed by atoms with E-state index in [-0.39, 0.29) is 11.4 Å². The lowest BCUT2D eigenvalue weighted by atomic mass is 10.2. The van der Waals surface area contributed by atoms with Crippen LogP contribution in [0, 0.1) is 6.92 Å². The SMILES string of the molecule is CCn1ncc(-c2ccnc3cc(C(=O)Nc4nc(-c5ccc(OC(F)F)cc5)cs4)nn23)c1C. The van der Waals surface area contributed by atoms with Crippen molar-refractivity contribution in [2.45, 2.75) is 27.0 Å². The Morgan fingerprint density at radius 3 is 2.74 bits per heavy atom. The van der Waals surface area contributed by atoms with Crippen LogP contribution < -0.4 is 10.1 Å². The first-order valence-electron chi connectivity index (χ1n) is 10.6. The Labute approximate surface area is 202 Å². The number of nitrogens with one attached hydrogen (secondary N) is 1. The Bertz CT molecular complexity index is 1510. The normalized spacial score (nSPS) is 11.3. The number of thiazole rings is 1. The Balaban J connectivity index is 1.36. The number of fused-ring (bicyclic) bond motifs is 1. The van der Waals surface area contributed by atoms with Crippen molar-refractivity contribution in [1.82, 2.24) is 29.4 Å². The van der Waals surface area contributed by atoms with Crippen LogP contribution in [0.3, 0.4) is 0 Å². The van der Waals surface area contributed by atoms with E-state index in [1.54, 1.807) is 40.5 Å². The van der Waals surface area contributed by atoms with Crippen molar-refractivity contribution in [1.29, 1.82) is 0 Å². The van der Waals surface area contributed by atoms with E-state index in [1.165, 1.54) is 23.5 Å². The molecule has 0 radical (unpaired) electrons. The smallest absolute Gasteiger partial charge is 0.387 e. The third-order valence-electron chi connectivity index (χ3n) is 5.37. The minimum absolute atomic E-state index is 0.0598. The van der Waals surface area contributed by atoms with Crippen LogP contribution in [-0.4, -0.2) is 41.9 Å². The average molecular weight is 496 g/mol. The highest BCUT2D eigenvalue weighted by atomic mass is 32.1. The summed E-state index contributed by atoms with van der Waals surface area (Å²) in [6.07, 6.45) is 3.44. The maximum atomic E-state index is 12.9. The third kappa shape index (κ3) is 4.47. The molecule has 0 aliphatic rings. The summed E-state index contributed by atoms with van der Waals surface area (Å²) in [6.45, 7) is 1.86. The molecule has 0 saturated carbocycles. The van der Waals surface area contributed by atoms with Gasteiger partial charge in [0.2, 0.25) is 0 Å². The Morgan fingerprint density at radius 2 is 2.03 bits per heavy atom. The van der Waals surface area contributed by atoms with E-state index in [0.717, 1.165) is 23.5 Å². The molecule has 0 spiro atoms. The van der Waals surface area contributed by atoms with Crippen LogP contribution in [-0.2, 0) is 6.54 Å². The highest BCUT2D eigenvalue weighted by Gasteiger charge is 2.18. The first-order valence-corrected chi connectivity index (χ1v) is 11.5. The quantitative estimate of drug-likeness (QED) is 0.345. The number of alkyl halides is 2. The monoisotopic (exact) mass is 495 g/mol. The molecule has 0 saturated heterocycles. The zero-order chi connectivity index (χ0) is 24.5. The van der Waals surface area contributed by atoms with Crippen molar-refractivity contribution in [3.63, 3.8) is 0 Å². The van der Waals surface area contributed by atoms with Gasteiger partial charge in [-0.25, -0.2) is 14.5 Å². The molecule has 0 aliphatic heterocycles. The number of nitrogens with zero attached hydrogens (tertiary/aromatic N) is 6. The number of anilines is 1. The summed E-state index contributed by atoms with van der Waals surface area (Å²) < 4.78 is 32.5. The lowest BCUT2D eigenvalue weighted by Gasteiger charge is -2.04. The molecule has 0 bridgehead atoms. The molecule has 35 heavy (non-hydrogen) atoms. The van der Waals surface area contributed by atoms with Gasteiger partial charge in [-0.3, -0.25) is 14.8 Å². The summed E-state index contributed by atoms with van der Waals surface area (Å²) in [4.78, 5) is 21.6. The van der Waals surface area contributed by atoms with Gasteiger partial charge in [0.25, 0.3) is 5.91 Å². The number of aromatic nitrogens is 6. The molecule has 0 aliphatic carbocycles. The molecular weight excluding hydrogens is 476 g/mol. The second-order valence-corrected chi connectivity index (χ2v) is 8.34. The van der Waals surface area contributed by atoms with Crippen LogP contribution in [0.1, 0.15) is 23.1 Å². The summed E-state index contributed by atoms with van der Waals surface area (Å²) in [5, 5.41) is 13.7. The average Bonchev–Trinajstić information content (AvgIpc) is 3.57. The van der Waals surface area contributed by atoms with E-state index in [0.29, 0.717) is 22.0 Å². The highest BCUT2D eigenvalue weighted by molar-refractivity contribution is 7.14. The summed E-state index contributed by atoms with van der Waals surface area (Å²) in [5.74, 6) is -0.367. The van der Waals surface area contributed by atoms with Gasteiger partial charge in [0.1, 0.15) is 5.75 Å². The number of halogens is 2. The molecule has 0 fully saturated rings. The van der Waals surface area contributed by atoms with Crippen molar-refractivity contribution >= 4 is 28.0 Å². The number of hydrogen-bond acceptors (Lipinski definition) is 7. The predicted octanol–water partition coefficient (Wildman–Crippen LogP) is 4.90. The number of rotatable bonds is 7. The minimum atomic E-state index is -2.88. The molecule has 4 heterocycles. The van der Waals surface area contributed by atoms with Gasteiger partial charge in [-0.05, 0) is 44.2 Å². The van der Waals surface area contributed by atoms with Crippen LogP contribution in [0.4, 0.5) is 13.9 Å². The minimum Gasteiger partial charge on any atom is -0.435 e. The summed E-state index contributed by atoms with van der Waals surface area (Å²) >= 11 is 1.24. The van der Waals surface area contributed by atoms with Crippen LogP contribution in [0.25, 0.3) is 28.2 Å². The molecule has 5 aromatic rings. The largest absolute Gasteiger partial charge is 0.435 e. The van der Waals surface area contributed by atoms with E-state index in [1.807, 2.05) is 24.6 Å². The highest BCUT2D eigenvalue weighted by Crippen LogP contribution is 2.28. The molecule has 178 valence electrons. The van der Waals surface area contributed by atoms with E-state index in [9.17, 15) is 13.6 Å². The van der Waals surface area contributed by atoms with E-state index in [4.69, 9.17) is 0 Å². The third-order valence-corrected chi connectivity index (χ3v) is 6.13. The van der Waals surface area contributed by atoms with Gasteiger partial charge in [0.05, 0.1) is 17.6 Å². The Kier molecular flexibility index (Phi) is 5.95. The molecule has 9 nitrogen and oxygen atoms in total. The van der Waals surface area contributed by atoms with Crippen molar-refractivity contribution in [2.75, 3.05) is 5.32 Å². The first kappa shape index (κ1) is 22.6. The van der Waals surface area contributed by atoms with Crippen molar-refractivity contribution in [3.8, 4) is 28.3 Å². The van der Waals surface area contributed by atoms with E-state index >= 15 is 0 Å². The molecular formula is C23H19F2N7O2S. The van der Waals surface area contributed by atoms with Crippen LogP contribution in [0.5, 0.6) is 5.75 Å². The molecule has 12 heteroatoms. The zero-order valence-electron chi connectivity index (χ0n) is 18.6. The van der Waals surface area contributed by atoms with Crippen LogP contribution >= 0.6 is 11.3 Å². The van der Waals surface area contributed by atoms with Gasteiger partial charge in [-0.1, -0.05) is 0 Å². The maximum absolute atomic E-state index is 12.9. The predicted molar refractivity (Wildman–Crippen MR) is 127 cm³/mol. The Morgan fingerprint density at radius 1 is 1.23 bits per heavy atom. The topological polar surface area (TPSA) is 99.2 Å². The molecule has 1 amide bonds. The van der Waals surface area contributed by atoms with Crippen LogP contribution in [0.15, 0.2) is 54.2 Å². The number of carbonyl (C=O) groups is 1. The number of hydrogen-bond donors (Lipinski definition) is 1. The lowest BCUT2D eigenvalue weighted by Crippen LogP contribution is -2.12. The summed E-state index contributed by atoms with van der Waals surface area (Å²) in [5.41, 5.74) is 4.69. The lowest BCUT2D eigenvalue weighted by molar-refractivity contribution is -0.0498. The number of ether oxygens (including phenoxy) is 1. The standard InChI is InChI=1S/C23H19F2N7O2S/c1-3-31-13(2)16(11-27-31)19-8-9-26-20-10-17(30-32(19)20)21(33)29-23-28-18(12-35-23)14-4-6-15(7-5-14)34-22(24)25/h4-12,22H,3H2,1-2H3,(H,28,29,33). The Hall–Kier alpha value is -4.19. The maximum Gasteiger partial charge on any atom is 0.387 e. The van der Waals surface area contributed by atoms with Gasteiger partial charge in [-0.15, -0.1) is 11.3 Å². The molecule has 0 atom stereocenters. The van der Waals surface area contributed by atoms with Crippen molar-refractivity contribution in [3.05, 3.63) is 65.6 Å². The second kappa shape index (κ2) is 9.22. The van der Waals surface area contributed by atoms with E-state index < -0.39 is 12.5 Å². The number of benzene rings is 1. The molecule has 1 N–H and O–H groups in total. The second-order valence-electron chi connectivity index (χ2n) is 7.48. The molecule has 5 rings (SSSR count). The fourth-order valence-electron chi connectivity index (χ4n) is 3.66. The first-order chi connectivity index (χ1) is 16.9. The van der Waals surface area contributed by atoms with Gasteiger partial charge in [-0.2, -0.15) is 19.0 Å². The van der Waals surface area contributed by atoms with E-state index in [2.05, 4.69) is 30.2 Å². The summed E-state index contributed by atoms with van der Waals surface area (Å²) in [7, 11) is 0. The van der Waals surface area contributed by atoms with Crippen molar-refractivity contribution in [2.24, 2.45) is 0 Å².